The quantitative estimate of drug-likeness (QED) is 0.522. The van der Waals surface area contributed by atoms with E-state index in [4.69, 9.17) is 0 Å². The van der Waals surface area contributed by atoms with Crippen LogP contribution < -0.4 is 11.0 Å². The van der Waals surface area contributed by atoms with Crippen LogP contribution in [0.25, 0.3) is 0 Å². The lowest BCUT2D eigenvalue weighted by atomic mass is 11.0. The van der Waals surface area contributed by atoms with Crippen molar-refractivity contribution in [3.8, 4) is 0 Å². The Hall–Kier alpha value is 0.150. The van der Waals surface area contributed by atoms with E-state index < -0.39 is 7.37 Å². The molecule has 0 aromatic heterocycles. The average molecular weight is 125 g/mol. The van der Waals surface area contributed by atoms with Crippen molar-refractivity contribution in [2.45, 2.75) is 6.92 Å². The summed E-state index contributed by atoms with van der Waals surface area (Å²) < 4.78 is 10.0. The van der Waals surface area contributed by atoms with Crippen molar-refractivity contribution >= 4 is 7.37 Å². The van der Waals surface area contributed by atoms with Crippen molar-refractivity contribution in [3.63, 3.8) is 0 Å². The molecule has 4 heteroatoms. The summed E-state index contributed by atoms with van der Waals surface area (Å²) in [4.78, 5) is 10.0. The maximum absolute atomic E-state index is 10.0. The van der Waals surface area contributed by atoms with Gasteiger partial charge in [0.05, 0.1) is 0 Å². The largest absolute Gasteiger partial charge is 0.799 e. The highest BCUT2D eigenvalue weighted by molar-refractivity contribution is 7.55. The summed E-state index contributed by atoms with van der Waals surface area (Å²) in [5.74, 6) is 0. The van der Waals surface area contributed by atoms with Gasteiger partial charge in [0, 0.05) is 7.37 Å². The predicted octanol–water partition coefficient (Wildman–Crippen LogP) is 0.651. The molecule has 1 atom stereocenters. The predicted molar refractivity (Wildman–Crippen MR) is 30.1 cm³/mol. The molecular formula is C3H12NO2P. The first kappa shape index (κ1) is 10.2. The Morgan fingerprint density at radius 2 is 1.86 bits per heavy atom. The van der Waals surface area contributed by atoms with Crippen LogP contribution in [0.15, 0.2) is 0 Å². The first-order valence-electron chi connectivity index (χ1n) is 1.84. The normalized spacial score (nSPS) is 17.0. The summed E-state index contributed by atoms with van der Waals surface area (Å²) in [7, 11) is -2.90. The molecule has 0 rings (SSSR count). The van der Waals surface area contributed by atoms with E-state index in [-0.39, 0.29) is 12.3 Å². The Kier molecular flexibility index (Phi) is 4.65. The molecule has 0 radical (unpaired) electrons. The van der Waals surface area contributed by atoms with Gasteiger partial charge in [-0.2, -0.15) is 0 Å². The topological polar surface area (TPSA) is 76.6 Å². The molecule has 0 aromatic carbocycles. The maximum Gasteiger partial charge on any atom is 0.0115 e. The van der Waals surface area contributed by atoms with Crippen molar-refractivity contribution in [1.29, 1.82) is 0 Å². The van der Waals surface area contributed by atoms with Crippen LogP contribution in [0.2, 0.25) is 0 Å². The van der Waals surface area contributed by atoms with Crippen LogP contribution in [0.4, 0.5) is 0 Å². The second kappa shape index (κ2) is 3.19. The molecule has 0 aliphatic heterocycles. The van der Waals surface area contributed by atoms with Gasteiger partial charge in [-0.25, -0.2) is 0 Å². The zero-order chi connectivity index (χ0) is 5.21. The average Bonchev–Trinajstić information content (AvgIpc) is 1.35. The lowest BCUT2D eigenvalue weighted by molar-refractivity contribution is -0.173. The van der Waals surface area contributed by atoms with Crippen molar-refractivity contribution in [1.82, 2.24) is 6.15 Å². The van der Waals surface area contributed by atoms with Crippen molar-refractivity contribution in [3.05, 3.63) is 0 Å². The van der Waals surface area contributed by atoms with E-state index in [2.05, 4.69) is 0 Å². The fourth-order valence-electron chi connectivity index (χ4n) is 0. The molecule has 0 aromatic rings. The molecular weight excluding hydrogens is 113 g/mol. The second-order valence-corrected chi connectivity index (χ2v) is 3.99. The fraction of sp³-hybridized carbons (Fsp3) is 1.00. The molecule has 0 amide bonds. The zero-order valence-corrected chi connectivity index (χ0v) is 5.87. The molecule has 0 fully saturated rings. The smallest absolute Gasteiger partial charge is 0.0115 e. The van der Waals surface area contributed by atoms with E-state index in [1.807, 2.05) is 0 Å². The zero-order valence-electron chi connectivity index (χ0n) is 4.97. The summed E-state index contributed by atoms with van der Waals surface area (Å²) in [5.41, 5.74) is 0. The Labute approximate surface area is 43.8 Å². The lowest BCUT2D eigenvalue weighted by Crippen LogP contribution is -1.98. The molecule has 0 saturated carbocycles. The molecule has 0 bridgehead atoms. The Morgan fingerprint density at radius 3 is 1.86 bits per heavy atom. The number of rotatable bonds is 1. The van der Waals surface area contributed by atoms with E-state index in [1.54, 1.807) is 6.92 Å². The molecule has 4 N–H and O–H groups in total. The van der Waals surface area contributed by atoms with E-state index in [0.717, 1.165) is 0 Å². The molecule has 3 nitrogen and oxygen atoms in total. The van der Waals surface area contributed by atoms with Crippen LogP contribution in [0.1, 0.15) is 6.92 Å². The van der Waals surface area contributed by atoms with Crippen molar-refractivity contribution in [2.75, 3.05) is 12.8 Å². The van der Waals surface area contributed by atoms with Gasteiger partial charge in [0.15, 0.2) is 0 Å². The summed E-state index contributed by atoms with van der Waals surface area (Å²) >= 11 is 0. The summed E-state index contributed by atoms with van der Waals surface area (Å²) in [6.45, 7) is 2.88. The first-order valence-corrected chi connectivity index (χ1v) is 4.09. The van der Waals surface area contributed by atoms with Gasteiger partial charge in [-0.05, 0) is 12.8 Å². The molecule has 46 valence electrons. The highest BCUT2D eigenvalue weighted by Gasteiger charge is 1.87. The third-order valence-corrected chi connectivity index (χ3v) is 1.72. The van der Waals surface area contributed by atoms with Gasteiger partial charge < -0.3 is 15.6 Å². The number of quaternary nitrogens is 1. The lowest BCUT2D eigenvalue weighted by Gasteiger charge is -2.12. The van der Waals surface area contributed by atoms with Crippen LogP contribution in [-0.2, 0) is 4.57 Å². The molecule has 7 heavy (non-hydrogen) atoms. The van der Waals surface area contributed by atoms with Gasteiger partial charge in [-0.1, -0.05) is 6.92 Å². The third-order valence-electron chi connectivity index (χ3n) is 0.574. The first-order chi connectivity index (χ1) is 2.56. The highest BCUT2D eigenvalue weighted by Crippen LogP contribution is 2.27. The second-order valence-electron chi connectivity index (χ2n) is 1.33. The van der Waals surface area contributed by atoms with Crippen LogP contribution in [0.3, 0.4) is 0 Å². The van der Waals surface area contributed by atoms with Crippen LogP contribution in [0.5, 0.6) is 0 Å². The van der Waals surface area contributed by atoms with E-state index in [1.165, 1.54) is 6.66 Å². The number of hydrogen-bond donors (Lipinski definition) is 1. The Morgan fingerprint density at radius 1 is 1.71 bits per heavy atom. The standard InChI is InChI=1S/C3H9O2P.H3N/c1-3-6(2,4)5;/h3H2,1-2H3,(H,4,5);1H3. The van der Waals surface area contributed by atoms with Gasteiger partial charge in [0.1, 0.15) is 0 Å². The van der Waals surface area contributed by atoms with Crippen molar-refractivity contribution in [2.24, 2.45) is 0 Å². The molecule has 0 heterocycles. The minimum atomic E-state index is -2.90. The van der Waals surface area contributed by atoms with Gasteiger partial charge in [0.2, 0.25) is 0 Å². The molecule has 0 aliphatic rings. The van der Waals surface area contributed by atoms with Crippen molar-refractivity contribution < 1.29 is 9.46 Å². The van der Waals surface area contributed by atoms with E-state index in [0.29, 0.717) is 0 Å². The molecule has 0 spiro atoms. The van der Waals surface area contributed by atoms with Gasteiger partial charge in [-0.3, -0.25) is 0 Å². The monoisotopic (exact) mass is 125 g/mol. The van der Waals surface area contributed by atoms with E-state index >= 15 is 0 Å². The van der Waals surface area contributed by atoms with Gasteiger partial charge in [0.25, 0.3) is 0 Å². The highest BCUT2D eigenvalue weighted by atomic mass is 31.2. The fourth-order valence-corrected chi connectivity index (χ4v) is 0. The third kappa shape index (κ3) is 10.7. The maximum atomic E-state index is 10.0. The van der Waals surface area contributed by atoms with E-state index in [9.17, 15) is 9.46 Å². The summed E-state index contributed by atoms with van der Waals surface area (Å²) in [6.07, 6.45) is 0.271. The SMILES string of the molecule is CCP(C)(=O)[O-].[NH4+]. The van der Waals surface area contributed by atoms with Gasteiger partial charge in [-0.15, -0.1) is 0 Å². The number of hydrogen-bond acceptors (Lipinski definition) is 2. The minimum absolute atomic E-state index is 0. The van der Waals surface area contributed by atoms with Crippen LogP contribution >= 0.6 is 7.37 Å². The summed E-state index contributed by atoms with van der Waals surface area (Å²) in [5, 5.41) is 0. The Balaban J connectivity index is 0. The molecule has 1 unspecified atom stereocenters. The molecule has 0 saturated heterocycles. The molecule has 0 aliphatic carbocycles. The minimum Gasteiger partial charge on any atom is -0.799 e. The van der Waals surface area contributed by atoms with Crippen LogP contribution in [-0.4, -0.2) is 12.8 Å². The van der Waals surface area contributed by atoms with Gasteiger partial charge >= 0.3 is 0 Å². The summed E-state index contributed by atoms with van der Waals surface area (Å²) in [6, 6.07) is 0. The Bertz CT molecular complexity index is 77.0. The van der Waals surface area contributed by atoms with Crippen LogP contribution in [0, 0.1) is 0 Å².